The molecule has 0 radical (unpaired) electrons. The van der Waals surface area contributed by atoms with E-state index in [-0.39, 0.29) is 0 Å². The van der Waals surface area contributed by atoms with Crippen LogP contribution in [0.1, 0.15) is 74.1 Å². The highest BCUT2D eigenvalue weighted by Crippen LogP contribution is 2.11. The minimum atomic E-state index is 0.885. The molecule has 0 aromatic rings. The van der Waals surface area contributed by atoms with E-state index in [0.29, 0.717) is 0 Å². The number of hydrogen-bond acceptors (Lipinski definition) is 0. The van der Waals surface area contributed by atoms with Crippen molar-refractivity contribution >= 4 is 0 Å². The third-order valence-electron chi connectivity index (χ3n) is 1.82. The monoisotopic (exact) mass is 200 g/mol. The summed E-state index contributed by atoms with van der Waals surface area (Å²) in [5.41, 5.74) is 0. The fraction of sp³-hybridized carbons (Fsp3) is 0.857. The quantitative estimate of drug-likeness (QED) is 0.490. The van der Waals surface area contributed by atoms with Gasteiger partial charge in [0, 0.05) is 0 Å². The first kappa shape index (κ1) is 19.3. The lowest BCUT2D eigenvalue weighted by Gasteiger charge is -2.05. The maximum absolute atomic E-state index is 2.33. The Labute approximate surface area is 92.8 Å². The molecule has 0 N–H and O–H groups in total. The van der Waals surface area contributed by atoms with Crippen LogP contribution in [0.4, 0.5) is 0 Å². The molecule has 0 bridgehead atoms. The van der Waals surface area contributed by atoms with Crippen LogP contribution < -0.4 is 0 Å². The minimum Gasteiger partial charge on any atom is -0.0917 e. The molecule has 0 saturated heterocycles. The van der Waals surface area contributed by atoms with Crippen LogP contribution in [-0.4, -0.2) is 0 Å². The average Bonchev–Trinajstić information content (AvgIpc) is 2.29. The van der Waals surface area contributed by atoms with Crippen molar-refractivity contribution in [1.82, 2.24) is 0 Å². The van der Waals surface area contributed by atoms with Crippen molar-refractivity contribution in [2.45, 2.75) is 74.1 Å². The Kier molecular flexibility index (Phi) is 31.7. The SMILES string of the molecule is C/C=C\CC(C)CCCC.CC.CC. The van der Waals surface area contributed by atoms with E-state index in [0.717, 1.165) is 5.92 Å². The van der Waals surface area contributed by atoms with Crippen LogP contribution in [0.2, 0.25) is 0 Å². The largest absolute Gasteiger partial charge is 0.0917 e. The molecule has 1 atom stereocenters. The van der Waals surface area contributed by atoms with Gasteiger partial charge in [-0.1, -0.05) is 73.0 Å². The lowest BCUT2D eigenvalue weighted by Crippen LogP contribution is -1.91. The Balaban J connectivity index is -0.000000266. The molecule has 0 heterocycles. The van der Waals surface area contributed by atoms with Gasteiger partial charge in [0.1, 0.15) is 0 Å². The highest BCUT2D eigenvalue weighted by molar-refractivity contribution is 4.78. The summed E-state index contributed by atoms with van der Waals surface area (Å²) in [4.78, 5) is 0. The van der Waals surface area contributed by atoms with Crippen molar-refractivity contribution in [2.24, 2.45) is 5.92 Å². The summed E-state index contributed by atoms with van der Waals surface area (Å²) in [6, 6.07) is 0. The minimum absolute atomic E-state index is 0.885. The molecule has 88 valence electrons. The van der Waals surface area contributed by atoms with E-state index in [1.807, 2.05) is 27.7 Å². The molecule has 0 aliphatic rings. The molecule has 0 aliphatic carbocycles. The standard InChI is InChI=1S/C10H20.2C2H6/c1-4-6-8-10(3)9-7-5-2;2*1-2/h4,6,10H,5,7-9H2,1-3H3;2*1-2H3/b6-4-;;. The average molecular weight is 200 g/mol. The number of allylic oxidation sites excluding steroid dienone is 2. The van der Waals surface area contributed by atoms with Crippen molar-refractivity contribution in [3.05, 3.63) is 12.2 Å². The van der Waals surface area contributed by atoms with Crippen LogP contribution in [0.25, 0.3) is 0 Å². The van der Waals surface area contributed by atoms with Crippen molar-refractivity contribution in [1.29, 1.82) is 0 Å². The van der Waals surface area contributed by atoms with Gasteiger partial charge in [0.2, 0.25) is 0 Å². The fourth-order valence-corrected chi connectivity index (χ4v) is 1.04. The molecular formula is C14H32. The lowest BCUT2D eigenvalue weighted by atomic mass is 10.0. The van der Waals surface area contributed by atoms with Gasteiger partial charge < -0.3 is 0 Å². The van der Waals surface area contributed by atoms with E-state index in [9.17, 15) is 0 Å². The summed E-state index contributed by atoms with van der Waals surface area (Å²) in [5.74, 6) is 0.885. The van der Waals surface area contributed by atoms with Crippen molar-refractivity contribution in [3.63, 3.8) is 0 Å². The smallest absolute Gasteiger partial charge is 0.0325 e. The van der Waals surface area contributed by atoms with E-state index in [4.69, 9.17) is 0 Å². The molecule has 0 spiro atoms. The van der Waals surface area contributed by atoms with Gasteiger partial charge in [0.25, 0.3) is 0 Å². The predicted molar refractivity (Wildman–Crippen MR) is 70.8 cm³/mol. The first-order chi connectivity index (χ1) is 6.81. The lowest BCUT2D eigenvalue weighted by molar-refractivity contribution is 0.512. The molecule has 0 aliphatic heterocycles. The molecule has 1 unspecified atom stereocenters. The second-order valence-corrected chi connectivity index (χ2v) is 3.05. The maximum atomic E-state index is 2.33. The molecule has 0 saturated carbocycles. The molecule has 0 rings (SSSR count). The van der Waals surface area contributed by atoms with Crippen molar-refractivity contribution in [3.8, 4) is 0 Å². The van der Waals surface area contributed by atoms with E-state index in [1.54, 1.807) is 0 Å². The Hall–Kier alpha value is -0.260. The molecule has 0 aromatic carbocycles. The molecule has 0 nitrogen and oxygen atoms in total. The van der Waals surface area contributed by atoms with Gasteiger partial charge in [-0.25, -0.2) is 0 Å². The first-order valence-corrected chi connectivity index (χ1v) is 6.42. The molecule has 14 heavy (non-hydrogen) atoms. The predicted octanol–water partition coefficient (Wildman–Crippen LogP) is 5.83. The topological polar surface area (TPSA) is 0 Å². The molecular weight excluding hydrogens is 168 g/mol. The first-order valence-electron chi connectivity index (χ1n) is 6.42. The van der Waals surface area contributed by atoms with Gasteiger partial charge in [-0.15, -0.1) is 0 Å². The number of hydrogen-bond donors (Lipinski definition) is 0. The second-order valence-electron chi connectivity index (χ2n) is 3.05. The van der Waals surface area contributed by atoms with E-state index in [2.05, 4.69) is 32.9 Å². The summed E-state index contributed by atoms with van der Waals surface area (Å²) >= 11 is 0. The second kappa shape index (κ2) is 23.0. The zero-order valence-corrected chi connectivity index (χ0v) is 11.6. The van der Waals surface area contributed by atoms with Gasteiger partial charge in [-0.2, -0.15) is 0 Å². The van der Waals surface area contributed by atoms with Gasteiger partial charge >= 0.3 is 0 Å². The Morgan fingerprint density at radius 3 is 1.93 bits per heavy atom. The maximum Gasteiger partial charge on any atom is -0.0325 e. The summed E-state index contributed by atoms with van der Waals surface area (Å²) < 4.78 is 0. The van der Waals surface area contributed by atoms with Crippen molar-refractivity contribution in [2.75, 3.05) is 0 Å². The van der Waals surface area contributed by atoms with Gasteiger partial charge in [-0.3, -0.25) is 0 Å². The molecule has 0 fully saturated rings. The summed E-state index contributed by atoms with van der Waals surface area (Å²) in [5, 5.41) is 0. The van der Waals surface area contributed by atoms with Crippen LogP contribution in [0.15, 0.2) is 12.2 Å². The van der Waals surface area contributed by atoms with Gasteiger partial charge in [0.05, 0.1) is 0 Å². The van der Waals surface area contributed by atoms with E-state index < -0.39 is 0 Å². The van der Waals surface area contributed by atoms with E-state index >= 15 is 0 Å². The van der Waals surface area contributed by atoms with Crippen LogP contribution in [0.3, 0.4) is 0 Å². The van der Waals surface area contributed by atoms with E-state index in [1.165, 1.54) is 25.7 Å². The highest BCUT2D eigenvalue weighted by Gasteiger charge is 1.96. The summed E-state index contributed by atoms with van der Waals surface area (Å²) in [6.45, 7) is 14.7. The zero-order valence-electron chi connectivity index (χ0n) is 11.6. The summed E-state index contributed by atoms with van der Waals surface area (Å²) in [7, 11) is 0. The summed E-state index contributed by atoms with van der Waals surface area (Å²) in [6.07, 6.45) is 9.78. The Morgan fingerprint density at radius 2 is 1.57 bits per heavy atom. The van der Waals surface area contributed by atoms with Gasteiger partial charge in [0.15, 0.2) is 0 Å². The molecule has 0 heteroatoms. The van der Waals surface area contributed by atoms with Crippen LogP contribution in [0, 0.1) is 5.92 Å². The third kappa shape index (κ3) is 22.6. The Morgan fingerprint density at radius 1 is 1.07 bits per heavy atom. The van der Waals surface area contributed by atoms with Crippen LogP contribution >= 0.6 is 0 Å². The van der Waals surface area contributed by atoms with Gasteiger partial charge in [-0.05, 0) is 19.3 Å². The highest BCUT2D eigenvalue weighted by atomic mass is 14.0. The third-order valence-corrected chi connectivity index (χ3v) is 1.82. The normalized spacial score (nSPS) is 11.1. The van der Waals surface area contributed by atoms with Crippen LogP contribution in [0.5, 0.6) is 0 Å². The fourth-order valence-electron chi connectivity index (χ4n) is 1.04. The Bertz CT molecular complexity index is 82.0. The molecule has 0 aromatic heterocycles. The van der Waals surface area contributed by atoms with Crippen molar-refractivity contribution < 1.29 is 0 Å². The molecule has 0 amide bonds. The number of rotatable bonds is 5. The number of unbranched alkanes of at least 4 members (excludes halogenated alkanes) is 1. The van der Waals surface area contributed by atoms with Crippen LogP contribution in [-0.2, 0) is 0 Å². The zero-order chi connectivity index (χ0) is 11.8.